The molecular weight excluding hydrogens is 274 g/mol. The van der Waals surface area contributed by atoms with E-state index in [1.165, 1.54) is 0 Å². The van der Waals surface area contributed by atoms with Gasteiger partial charge in [0.05, 0.1) is 0 Å². The number of nitrogens with zero attached hydrogens (tertiary/aromatic N) is 1. The third kappa shape index (κ3) is 3.40. The standard InChI is InChI=1S/C14H21N3O4/c1-8(2)15-10(18)7-17-13(20)11(9-5-3-4-6-9)12(19)16-14(17)21/h8-9,11H,3-7H2,1-2H3,(H,15,18)(H,16,19,21). The van der Waals surface area contributed by atoms with E-state index in [1.807, 2.05) is 0 Å². The first kappa shape index (κ1) is 15.5. The van der Waals surface area contributed by atoms with Crippen LogP contribution in [0.2, 0.25) is 0 Å². The molecule has 7 nitrogen and oxygen atoms in total. The van der Waals surface area contributed by atoms with Crippen LogP contribution in [0.25, 0.3) is 0 Å². The van der Waals surface area contributed by atoms with Crippen molar-refractivity contribution >= 4 is 23.8 Å². The third-order valence-electron chi connectivity index (χ3n) is 3.91. The smallest absolute Gasteiger partial charge is 0.331 e. The molecule has 5 amide bonds. The first-order chi connectivity index (χ1) is 9.90. The van der Waals surface area contributed by atoms with Gasteiger partial charge >= 0.3 is 6.03 Å². The van der Waals surface area contributed by atoms with Gasteiger partial charge in [-0.3, -0.25) is 24.6 Å². The summed E-state index contributed by atoms with van der Waals surface area (Å²) in [4.78, 5) is 48.7. The number of imide groups is 2. The number of urea groups is 1. The van der Waals surface area contributed by atoms with E-state index >= 15 is 0 Å². The summed E-state index contributed by atoms with van der Waals surface area (Å²) in [6.07, 6.45) is 3.60. The van der Waals surface area contributed by atoms with Crippen molar-refractivity contribution in [3.8, 4) is 0 Å². The molecule has 21 heavy (non-hydrogen) atoms. The summed E-state index contributed by atoms with van der Waals surface area (Å²) >= 11 is 0. The van der Waals surface area contributed by atoms with Crippen molar-refractivity contribution in [3.63, 3.8) is 0 Å². The Morgan fingerprint density at radius 3 is 2.48 bits per heavy atom. The van der Waals surface area contributed by atoms with Gasteiger partial charge in [0, 0.05) is 6.04 Å². The van der Waals surface area contributed by atoms with Crippen LogP contribution < -0.4 is 10.6 Å². The Kier molecular flexibility index (Phi) is 4.59. The maximum absolute atomic E-state index is 12.4. The Labute approximate surface area is 123 Å². The average Bonchev–Trinajstić information content (AvgIpc) is 2.87. The van der Waals surface area contributed by atoms with Gasteiger partial charge < -0.3 is 5.32 Å². The summed E-state index contributed by atoms with van der Waals surface area (Å²) in [5.41, 5.74) is 0. The Hall–Kier alpha value is -1.92. The average molecular weight is 295 g/mol. The largest absolute Gasteiger partial charge is 0.352 e. The molecule has 2 N–H and O–H groups in total. The zero-order chi connectivity index (χ0) is 15.6. The number of hydrogen-bond donors (Lipinski definition) is 2. The Morgan fingerprint density at radius 2 is 1.90 bits per heavy atom. The first-order valence-corrected chi connectivity index (χ1v) is 7.35. The second-order valence-electron chi connectivity index (χ2n) is 5.96. The molecule has 2 fully saturated rings. The summed E-state index contributed by atoms with van der Waals surface area (Å²) in [5.74, 6) is -2.35. The molecular formula is C14H21N3O4. The fraction of sp³-hybridized carbons (Fsp3) is 0.714. The van der Waals surface area contributed by atoms with E-state index in [2.05, 4.69) is 10.6 Å². The lowest BCUT2D eigenvalue weighted by Crippen LogP contribution is -2.61. The molecule has 0 aromatic rings. The lowest BCUT2D eigenvalue weighted by molar-refractivity contribution is -0.147. The van der Waals surface area contributed by atoms with Crippen LogP contribution in [0.3, 0.4) is 0 Å². The molecule has 0 aromatic carbocycles. The molecule has 1 heterocycles. The molecule has 7 heteroatoms. The second-order valence-corrected chi connectivity index (χ2v) is 5.96. The lowest BCUT2D eigenvalue weighted by atomic mass is 9.87. The summed E-state index contributed by atoms with van der Waals surface area (Å²) in [7, 11) is 0. The van der Waals surface area contributed by atoms with Crippen molar-refractivity contribution in [1.29, 1.82) is 0 Å². The minimum Gasteiger partial charge on any atom is -0.352 e. The van der Waals surface area contributed by atoms with Gasteiger partial charge in [-0.2, -0.15) is 0 Å². The van der Waals surface area contributed by atoms with Gasteiger partial charge in [0.1, 0.15) is 12.5 Å². The zero-order valence-corrected chi connectivity index (χ0v) is 12.3. The van der Waals surface area contributed by atoms with Crippen LogP contribution in [0.1, 0.15) is 39.5 Å². The topological polar surface area (TPSA) is 95.6 Å². The van der Waals surface area contributed by atoms with Gasteiger partial charge in [0.15, 0.2) is 0 Å². The molecule has 0 radical (unpaired) electrons. The molecule has 1 aliphatic heterocycles. The van der Waals surface area contributed by atoms with Crippen LogP contribution >= 0.6 is 0 Å². The second kappa shape index (κ2) is 6.24. The van der Waals surface area contributed by atoms with Crippen molar-refractivity contribution in [2.45, 2.75) is 45.6 Å². The number of carbonyl (C=O) groups is 4. The SMILES string of the molecule is CC(C)NC(=O)CN1C(=O)NC(=O)C(C2CCCC2)C1=O. The molecule has 1 atom stereocenters. The maximum Gasteiger partial charge on any atom is 0.331 e. The molecule has 116 valence electrons. The minimum atomic E-state index is -0.836. The molecule has 1 aliphatic carbocycles. The number of amides is 5. The van der Waals surface area contributed by atoms with E-state index in [-0.39, 0.29) is 18.5 Å². The molecule has 0 bridgehead atoms. The Morgan fingerprint density at radius 1 is 1.29 bits per heavy atom. The van der Waals surface area contributed by atoms with E-state index in [4.69, 9.17) is 0 Å². The Balaban J connectivity index is 2.09. The highest BCUT2D eigenvalue weighted by Gasteiger charge is 2.45. The normalized spacial score (nSPS) is 23.7. The predicted molar refractivity (Wildman–Crippen MR) is 74.0 cm³/mol. The van der Waals surface area contributed by atoms with E-state index in [0.717, 1.165) is 30.6 Å². The summed E-state index contributed by atoms with van der Waals surface area (Å²) in [5, 5.41) is 4.82. The van der Waals surface area contributed by atoms with Gasteiger partial charge in [0.2, 0.25) is 17.7 Å². The van der Waals surface area contributed by atoms with E-state index in [9.17, 15) is 19.2 Å². The van der Waals surface area contributed by atoms with Gasteiger partial charge in [-0.25, -0.2) is 4.79 Å². The van der Waals surface area contributed by atoms with Crippen LogP contribution in [-0.4, -0.2) is 41.2 Å². The number of carbonyl (C=O) groups excluding carboxylic acids is 4. The van der Waals surface area contributed by atoms with Crippen molar-refractivity contribution in [1.82, 2.24) is 15.5 Å². The molecule has 1 unspecified atom stereocenters. The monoisotopic (exact) mass is 295 g/mol. The lowest BCUT2D eigenvalue weighted by Gasteiger charge is -2.32. The van der Waals surface area contributed by atoms with Crippen molar-refractivity contribution < 1.29 is 19.2 Å². The highest BCUT2D eigenvalue weighted by molar-refractivity contribution is 6.17. The zero-order valence-electron chi connectivity index (χ0n) is 12.3. The number of rotatable bonds is 4. The van der Waals surface area contributed by atoms with E-state index in [0.29, 0.717) is 0 Å². The third-order valence-corrected chi connectivity index (χ3v) is 3.91. The Bertz CT molecular complexity index is 469. The minimum absolute atomic E-state index is 0.0266. The van der Waals surface area contributed by atoms with Gasteiger partial charge in [-0.15, -0.1) is 0 Å². The van der Waals surface area contributed by atoms with Crippen LogP contribution in [0, 0.1) is 11.8 Å². The summed E-state index contributed by atoms with van der Waals surface area (Å²) < 4.78 is 0. The summed E-state index contributed by atoms with van der Waals surface area (Å²) in [6, 6.07) is -0.883. The predicted octanol–water partition coefficient (Wildman–Crippen LogP) is 0.396. The van der Waals surface area contributed by atoms with Crippen LogP contribution in [0.4, 0.5) is 4.79 Å². The fourth-order valence-corrected chi connectivity index (χ4v) is 3.00. The van der Waals surface area contributed by atoms with Gasteiger partial charge in [0.25, 0.3) is 0 Å². The van der Waals surface area contributed by atoms with Crippen LogP contribution in [0.5, 0.6) is 0 Å². The number of barbiturate groups is 1. The molecule has 1 saturated carbocycles. The number of hydrogen-bond acceptors (Lipinski definition) is 4. The fourth-order valence-electron chi connectivity index (χ4n) is 3.00. The van der Waals surface area contributed by atoms with Crippen LogP contribution in [-0.2, 0) is 14.4 Å². The first-order valence-electron chi connectivity index (χ1n) is 7.35. The molecule has 0 aromatic heterocycles. The highest BCUT2D eigenvalue weighted by atomic mass is 16.2. The van der Waals surface area contributed by atoms with Crippen molar-refractivity contribution in [2.75, 3.05) is 6.54 Å². The highest BCUT2D eigenvalue weighted by Crippen LogP contribution is 2.33. The maximum atomic E-state index is 12.4. The number of nitrogens with one attached hydrogen (secondary N) is 2. The van der Waals surface area contributed by atoms with Crippen molar-refractivity contribution in [2.24, 2.45) is 11.8 Å². The van der Waals surface area contributed by atoms with Crippen LogP contribution in [0.15, 0.2) is 0 Å². The van der Waals surface area contributed by atoms with E-state index < -0.39 is 29.7 Å². The quantitative estimate of drug-likeness (QED) is 0.734. The van der Waals surface area contributed by atoms with Gasteiger partial charge in [-0.05, 0) is 32.6 Å². The van der Waals surface area contributed by atoms with Crippen molar-refractivity contribution in [3.05, 3.63) is 0 Å². The molecule has 0 spiro atoms. The molecule has 1 saturated heterocycles. The van der Waals surface area contributed by atoms with Gasteiger partial charge in [-0.1, -0.05) is 12.8 Å². The van der Waals surface area contributed by atoms with E-state index in [1.54, 1.807) is 13.8 Å². The molecule has 2 rings (SSSR count). The molecule has 2 aliphatic rings. The summed E-state index contributed by atoms with van der Waals surface area (Å²) in [6.45, 7) is 3.24.